The van der Waals surface area contributed by atoms with Crippen molar-refractivity contribution in [2.45, 2.75) is 58.0 Å². The van der Waals surface area contributed by atoms with Crippen molar-refractivity contribution < 1.29 is 14.7 Å². The van der Waals surface area contributed by atoms with Gasteiger partial charge in [-0.05, 0) is 40.2 Å². The van der Waals surface area contributed by atoms with E-state index in [4.69, 9.17) is 0 Å². The third kappa shape index (κ3) is 5.04. The highest BCUT2D eigenvalue weighted by Gasteiger charge is 2.29. The van der Waals surface area contributed by atoms with Crippen LogP contribution in [-0.4, -0.2) is 46.6 Å². The molecule has 1 heterocycles. The molecule has 1 rings (SSSR count). The summed E-state index contributed by atoms with van der Waals surface area (Å²) in [6.45, 7) is 6.62. The van der Waals surface area contributed by atoms with E-state index in [0.29, 0.717) is 13.0 Å². The van der Waals surface area contributed by atoms with Crippen molar-refractivity contribution in [2.75, 3.05) is 13.1 Å². The summed E-state index contributed by atoms with van der Waals surface area (Å²) in [7, 11) is 0. The van der Waals surface area contributed by atoms with E-state index in [1.807, 2.05) is 20.8 Å². The lowest BCUT2D eigenvalue weighted by Crippen LogP contribution is -2.50. The largest absolute Gasteiger partial charge is 0.480 e. The van der Waals surface area contributed by atoms with Crippen molar-refractivity contribution >= 4 is 11.9 Å². The Bertz CT molecular complexity index is 310. The minimum atomic E-state index is -0.819. The first-order chi connectivity index (χ1) is 8.29. The van der Waals surface area contributed by atoms with Crippen molar-refractivity contribution in [3.05, 3.63) is 0 Å². The first-order valence-electron chi connectivity index (χ1n) is 6.57. The summed E-state index contributed by atoms with van der Waals surface area (Å²) in [6, 6.07) is -0.516. The van der Waals surface area contributed by atoms with Gasteiger partial charge in [-0.2, -0.15) is 0 Å². The SMILES string of the molecule is CC(C)(C)NC(=O)CN1CCCCCC1C(=O)O. The van der Waals surface area contributed by atoms with Crippen LogP contribution >= 0.6 is 0 Å². The molecular weight excluding hydrogens is 232 g/mol. The zero-order chi connectivity index (χ0) is 13.8. The number of rotatable bonds is 3. The number of carboxylic acid groups (broad SMARTS) is 1. The molecule has 5 nitrogen and oxygen atoms in total. The number of nitrogens with one attached hydrogen (secondary N) is 1. The Morgan fingerprint density at radius 2 is 1.94 bits per heavy atom. The van der Waals surface area contributed by atoms with Gasteiger partial charge in [0.2, 0.25) is 5.91 Å². The normalized spacial score (nSPS) is 22.3. The zero-order valence-corrected chi connectivity index (χ0v) is 11.5. The van der Waals surface area contributed by atoms with Crippen LogP contribution in [0.2, 0.25) is 0 Å². The third-order valence-corrected chi connectivity index (χ3v) is 3.01. The Balaban J connectivity index is 2.60. The van der Waals surface area contributed by atoms with Gasteiger partial charge in [-0.15, -0.1) is 0 Å². The number of carboxylic acids is 1. The molecule has 0 aromatic carbocycles. The van der Waals surface area contributed by atoms with E-state index in [0.717, 1.165) is 19.3 Å². The van der Waals surface area contributed by atoms with E-state index in [1.54, 1.807) is 4.90 Å². The van der Waals surface area contributed by atoms with E-state index in [9.17, 15) is 14.7 Å². The van der Waals surface area contributed by atoms with Gasteiger partial charge in [0.15, 0.2) is 0 Å². The number of aliphatic carboxylic acids is 1. The third-order valence-electron chi connectivity index (χ3n) is 3.01. The molecule has 1 amide bonds. The molecule has 0 radical (unpaired) electrons. The standard InChI is InChI=1S/C13H24N2O3/c1-13(2,3)14-11(16)9-15-8-6-4-5-7-10(15)12(17)18/h10H,4-9H2,1-3H3,(H,14,16)(H,17,18). The molecule has 5 heteroatoms. The average molecular weight is 256 g/mol. The molecule has 1 aliphatic heterocycles. The first-order valence-corrected chi connectivity index (χ1v) is 6.57. The maximum atomic E-state index is 11.9. The lowest BCUT2D eigenvalue weighted by molar-refractivity contribution is -0.144. The highest BCUT2D eigenvalue weighted by molar-refractivity contribution is 5.80. The molecule has 1 unspecified atom stereocenters. The molecule has 18 heavy (non-hydrogen) atoms. The Labute approximate surface area is 109 Å². The van der Waals surface area contributed by atoms with Crippen molar-refractivity contribution in [1.82, 2.24) is 10.2 Å². The Kier molecular flexibility index (Phi) is 5.14. The van der Waals surface area contributed by atoms with Gasteiger partial charge in [-0.1, -0.05) is 12.8 Å². The summed E-state index contributed by atoms with van der Waals surface area (Å²) >= 11 is 0. The van der Waals surface area contributed by atoms with E-state index in [-0.39, 0.29) is 18.0 Å². The van der Waals surface area contributed by atoms with Crippen LogP contribution in [0.15, 0.2) is 0 Å². The molecule has 1 aliphatic rings. The van der Waals surface area contributed by atoms with E-state index in [1.165, 1.54) is 0 Å². The average Bonchev–Trinajstić information content (AvgIpc) is 2.39. The zero-order valence-electron chi connectivity index (χ0n) is 11.5. The molecule has 0 aromatic rings. The number of nitrogens with zero attached hydrogens (tertiary/aromatic N) is 1. The van der Waals surface area contributed by atoms with Crippen molar-refractivity contribution in [2.24, 2.45) is 0 Å². The van der Waals surface area contributed by atoms with Gasteiger partial charge in [-0.25, -0.2) is 0 Å². The number of hydrogen-bond donors (Lipinski definition) is 2. The summed E-state index contributed by atoms with van der Waals surface area (Å²) < 4.78 is 0. The van der Waals surface area contributed by atoms with Gasteiger partial charge in [0.25, 0.3) is 0 Å². The summed E-state index contributed by atoms with van der Waals surface area (Å²) in [5.74, 6) is -0.920. The van der Waals surface area contributed by atoms with Crippen LogP contribution in [0.1, 0.15) is 46.5 Å². The second kappa shape index (κ2) is 6.18. The summed E-state index contributed by atoms with van der Waals surface area (Å²) in [5.41, 5.74) is -0.276. The van der Waals surface area contributed by atoms with Gasteiger partial charge in [0.1, 0.15) is 6.04 Å². The highest BCUT2D eigenvalue weighted by atomic mass is 16.4. The highest BCUT2D eigenvalue weighted by Crippen LogP contribution is 2.16. The van der Waals surface area contributed by atoms with Crippen LogP contribution in [0.4, 0.5) is 0 Å². The maximum absolute atomic E-state index is 11.9. The molecule has 1 saturated heterocycles. The second-order valence-corrected chi connectivity index (χ2v) is 5.97. The van der Waals surface area contributed by atoms with Crippen molar-refractivity contribution in [1.29, 1.82) is 0 Å². The van der Waals surface area contributed by atoms with E-state index >= 15 is 0 Å². The monoisotopic (exact) mass is 256 g/mol. The van der Waals surface area contributed by atoms with Crippen LogP contribution in [0.3, 0.4) is 0 Å². The van der Waals surface area contributed by atoms with Gasteiger partial charge in [0.05, 0.1) is 6.54 Å². The predicted molar refractivity (Wildman–Crippen MR) is 69.4 cm³/mol. The van der Waals surface area contributed by atoms with Crippen LogP contribution < -0.4 is 5.32 Å². The molecule has 2 N–H and O–H groups in total. The van der Waals surface area contributed by atoms with Crippen LogP contribution in [-0.2, 0) is 9.59 Å². The number of likely N-dealkylation sites (tertiary alicyclic amines) is 1. The fourth-order valence-corrected chi connectivity index (χ4v) is 2.28. The molecule has 0 aromatic heterocycles. The fraction of sp³-hybridized carbons (Fsp3) is 0.846. The van der Waals surface area contributed by atoms with E-state index in [2.05, 4.69) is 5.32 Å². The molecule has 104 valence electrons. The maximum Gasteiger partial charge on any atom is 0.320 e. The van der Waals surface area contributed by atoms with E-state index < -0.39 is 12.0 Å². The fourth-order valence-electron chi connectivity index (χ4n) is 2.28. The Morgan fingerprint density at radius 1 is 1.28 bits per heavy atom. The summed E-state index contributed by atoms with van der Waals surface area (Å²) in [4.78, 5) is 24.9. The Hall–Kier alpha value is -1.10. The number of hydrogen-bond acceptors (Lipinski definition) is 3. The second-order valence-electron chi connectivity index (χ2n) is 5.97. The molecule has 1 fully saturated rings. The first kappa shape index (κ1) is 15.0. The Morgan fingerprint density at radius 3 is 2.50 bits per heavy atom. The molecular formula is C13H24N2O3. The van der Waals surface area contributed by atoms with Gasteiger partial charge in [0, 0.05) is 5.54 Å². The molecule has 0 saturated carbocycles. The minimum Gasteiger partial charge on any atom is -0.480 e. The van der Waals surface area contributed by atoms with Crippen molar-refractivity contribution in [3.8, 4) is 0 Å². The quantitative estimate of drug-likeness (QED) is 0.797. The molecule has 0 bridgehead atoms. The lowest BCUT2D eigenvalue weighted by atomic mass is 10.1. The smallest absolute Gasteiger partial charge is 0.320 e. The molecule has 1 atom stereocenters. The molecule has 0 spiro atoms. The van der Waals surface area contributed by atoms with Crippen LogP contribution in [0.25, 0.3) is 0 Å². The lowest BCUT2D eigenvalue weighted by Gasteiger charge is -2.28. The number of carbonyl (C=O) groups excluding carboxylic acids is 1. The van der Waals surface area contributed by atoms with Gasteiger partial charge < -0.3 is 10.4 Å². The predicted octanol–water partition coefficient (Wildman–Crippen LogP) is 1.23. The number of amides is 1. The van der Waals surface area contributed by atoms with Crippen molar-refractivity contribution in [3.63, 3.8) is 0 Å². The summed E-state index contributed by atoms with van der Waals surface area (Å²) in [5, 5.41) is 12.1. The number of carbonyl (C=O) groups is 2. The van der Waals surface area contributed by atoms with Crippen LogP contribution in [0, 0.1) is 0 Å². The summed E-state index contributed by atoms with van der Waals surface area (Å²) in [6.07, 6.45) is 3.57. The topological polar surface area (TPSA) is 69.6 Å². The van der Waals surface area contributed by atoms with Crippen LogP contribution in [0.5, 0.6) is 0 Å². The molecule has 0 aliphatic carbocycles. The van der Waals surface area contributed by atoms with Gasteiger partial charge in [-0.3, -0.25) is 14.5 Å². The van der Waals surface area contributed by atoms with Gasteiger partial charge >= 0.3 is 5.97 Å². The minimum absolute atomic E-state index is 0.101.